The van der Waals surface area contributed by atoms with Crippen LogP contribution in [-0.4, -0.2) is 11.5 Å². The smallest absolute Gasteiger partial charge is 0.272 e. The highest BCUT2D eigenvalue weighted by molar-refractivity contribution is 5.85. The third-order valence-corrected chi connectivity index (χ3v) is 2.31. The number of fused-ring (bicyclic) bond motifs is 1. The highest BCUT2D eigenvalue weighted by Gasteiger charge is 2.18. The van der Waals surface area contributed by atoms with Crippen LogP contribution in [0.3, 0.4) is 0 Å². The maximum absolute atomic E-state index is 10.7. The Morgan fingerprint density at radius 3 is 2.93 bits per heavy atom. The number of nitrogens with zero attached hydrogens (tertiary/aromatic N) is 1. The van der Waals surface area contributed by atoms with E-state index in [0.717, 1.165) is 30.6 Å². The number of benzene rings is 1. The molecule has 1 aliphatic heterocycles. The van der Waals surface area contributed by atoms with Crippen LogP contribution in [0.15, 0.2) is 18.2 Å². The van der Waals surface area contributed by atoms with Crippen molar-refractivity contribution in [1.82, 2.24) is 5.32 Å². The van der Waals surface area contributed by atoms with Gasteiger partial charge in [0.15, 0.2) is 0 Å². The summed E-state index contributed by atoms with van der Waals surface area (Å²) in [5.74, 6) is 0. The standard InChI is InChI=1S/C9H10N2O2.ClH/c12-11(13)9-3-1-2-7-6-10-5-4-8(7)9;/h1-3,10H,4-6H2;1H. The summed E-state index contributed by atoms with van der Waals surface area (Å²) in [5.41, 5.74) is 2.21. The van der Waals surface area contributed by atoms with Crippen LogP contribution < -0.4 is 5.32 Å². The lowest BCUT2D eigenvalue weighted by atomic mass is 9.99. The molecule has 0 aromatic heterocycles. The fraction of sp³-hybridized carbons (Fsp3) is 0.333. The van der Waals surface area contributed by atoms with Crippen LogP contribution >= 0.6 is 12.4 Å². The Morgan fingerprint density at radius 2 is 2.21 bits per heavy atom. The number of halogens is 1. The first-order valence-corrected chi connectivity index (χ1v) is 4.25. The molecule has 4 nitrogen and oxygen atoms in total. The van der Waals surface area contributed by atoms with E-state index in [1.165, 1.54) is 0 Å². The zero-order valence-corrected chi connectivity index (χ0v) is 8.34. The van der Waals surface area contributed by atoms with E-state index >= 15 is 0 Å². The Balaban J connectivity index is 0.000000980. The molecule has 5 heteroatoms. The summed E-state index contributed by atoms with van der Waals surface area (Å²) in [6, 6.07) is 5.25. The van der Waals surface area contributed by atoms with E-state index in [4.69, 9.17) is 0 Å². The average molecular weight is 215 g/mol. The van der Waals surface area contributed by atoms with Gasteiger partial charge in [0, 0.05) is 18.2 Å². The molecule has 1 N–H and O–H groups in total. The quantitative estimate of drug-likeness (QED) is 0.572. The Bertz CT molecular complexity index is 355. The molecule has 0 aliphatic carbocycles. The van der Waals surface area contributed by atoms with E-state index in [-0.39, 0.29) is 23.0 Å². The second kappa shape index (κ2) is 4.39. The van der Waals surface area contributed by atoms with E-state index < -0.39 is 0 Å². The minimum atomic E-state index is -0.301. The van der Waals surface area contributed by atoms with Gasteiger partial charge in [-0.25, -0.2) is 0 Å². The molecule has 1 heterocycles. The number of nitro groups is 1. The number of hydrogen-bond donors (Lipinski definition) is 1. The SMILES string of the molecule is Cl.O=[N+]([O-])c1cccc2c1CCNC2. The van der Waals surface area contributed by atoms with Crippen molar-refractivity contribution in [2.24, 2.45) is 0 Å². The molecule has 0 bridgehead atoms. The zero-order chi connectivity index (χ0) is 9.26. The summed E-state index contributed by atoms with van der Waals surface area (Å²) in [5, 5.41) is 13.8. The molecular formula is C9H11ClN2O2. The van der Waals surface area contributed by atoms with E-state index in [1.807, 2.05) is 6.07 Å². The first-order valence-electron chi connectivity index (χ1n) is 4.25. The highest BCUT2D eigenvalue weighted by Crippen LogP contribution is 2.24. The molecule has 1 aromatic carbocycles. The predicted octanol–water partition coefficient (Wildman–Crippen LogP) is 1.66. The topological polar surface area (TPSA) is 55.2 Å². The highest BCUT2D eigenvalue weighted by atomic mass is 35.5. The molecular weight excluding hydrogens is 204 g/mol. The molecule has 14 heavy (non-hydrogen) atoms. The fourth-order valence-electron chi connectivity index (χ4n) is 1.68. The van der Waals surface area contributed by atoms with Crippen LogP contribution in [0.25, 0.3) is 0 Å². The third kappa shape index (κ3) is 1.86. The zero-order valence-electron chi connectivity index (χ0n) is 7.53. The van der Waals surface area contributed by atoms with Gasteiger partial charge in [-0.15, -0.1) is 12.4 Å². The number of rotatable bonds is 1. The Labute approximate surface area is 87.9 Å². The first-order chi connectivity index (χ1) is 6.29. The molecule has 0 amide bonds. The summed E-state index contributed by atoms with van der Waals surface area (Å²) in [6.07, 6.45) is 0.756. The molecule has 0 radical (unpaired) electrons. The molecule has 1 aromatic rings. The molecule has 0 spiro atoms. The largest absolute Gasteiger partial charge is 0.312 e. The lowest BCUT2D eigenvalue weighted by Crippen LogP contribution is -2.24. The Kier molecular flexibility index (Phi) is 3.43. The molecule has 2 rings (SSSR count). The van der Waals surface area contributed by atoms with Gasteiger partial charge >= 0.3 is 0 Å². The summed E-state index contributed by atoms with van der Waals surface area (Å²) in [7, 11) is 0. The number of nitro benzene ring substituents is 1. The van der Waals surface area contributed by atoms with Crippen LogP contribution in [0.5, 0.6) is 0 Å². The predicted molar refractivity (Wildman–Crippen MR) is 55.8 cm³/mol. The normalized spacial score (nSPS) is 14.0. The lowest BCUT2D eigenvalue weighted by Gasteiger charge is -2.16. The van der Waals surface area contributed by atoms with Gasteiger partial charge in [0.1, 0.15) is 0 Å². The summed E-state index contributed by atoms with van der Waals surface area (Å²) < 4.78 is 0. The van der Waals surface area contributed by atoms with E-state index in [1.54, 1.807) is 12.1 Å². The number of nitrogens with one attached hydrogen (secondary N) is 1. The van der Waals surface area contributed by atoms with Crippen LogP contribution in [0.1, 0.15) is 11.1 Å². The van der Waals surface area contributed by atoms with Gasteiger partial charge in [0.05, 0.1) is 4.92 Å². The van der Waals surface area contributed by atoms with Crippen molar-refractivity contribution in [3.63, 3.8) is 0 Å². The molecule has 76 valence electrons. The molecule has 0 saturated heterocycles. The van der Waals surface area contributed by atoms with Crippen molar-refractivity contribution >= 4 is 18.1 Å². The van der Waals surface area contributed by atoms with Crippen molar-refractivity contribution in [2.45, 2.75) is 13.0 Å². The van der Waals surface area contributed by atoms with Gasteiger partial charge in [-0.1, -0.05) is 12.1 Å². The van der Waals surface area contributed by atoms with Crippen molar-refractivity contribution in [2.75, 3.05) is 6.54 Å². The maximum atomic E-state index is 10.7. The molecule has 0 atom stereocenters. The first kappa shape index (κ1) is 10.9. The fourth-order valence-corrected chi connectivity index (χ4v) is 1.68. The maximum Gasteiger partial charge on any atom is 0.272 e. The summed E-state index contributed by atoms with van der Waals surface area (Å²) >= 11 is 0. The van der Waals surface area contributed by atoms with Crippen LogP contribution in [0.4, 0.5) is 5.69 Å². The lowest BCUT2D eigenvalue weighted by molar-refractivity contribution is -0.385. The number of hydrogen-bond acceptors (Lipinski definition) is 3. The van der Waals surface area contributed by atoms with Crippen LogP contribution in [0, 0.1) is 10.1 Å². The van der Waals surface area contributed by atoms with Crippen molar-refractivity contribution in [3.05, 3.63) is 39.4 Å². The molecule has 1 aliphatic rings. The van der Waals surface area contributed by atoms with E-state index in [0.29, 0.717) is 0 Å². The van der Waals surface area contributed by atoms with Gasteiger partial charge in [-0.2, -0.15) is 0 Å². The minimum absolute atomic E-state index is 0. The van der Waals surface area contributed by atoms with Gasteiger partial charge in [0.2, 0.25) is 0 Å². The molecule has 0 fully saturated rings. The molecule has 0 unspecified atom stereocenters. The van der Waals surface area contributed by atoms with Gasteiger partial charge in [0.25, 0.3) is 5.69 Å². The summed E-state index contributed by atoms with van der Waals surface area (Å²) in [4.78, 5) is 10.4. The van der Waals surface area contributed by atoms with Gasteiger partial charge in [-0.05, 0) is 18.5 Å². The Hall–Kier alpha value is -1.13. The van der Waals surface area contributed by atoms with E-state index in [2.05, 4.69) is 5.32 Å². The van der Waals surface area contributed by atoms with Crippen molar-refractivity contribution < 1.29 is 4.92 Å². The summed E-state index contributed by atoms with van der Waals surface area (Å²) in [6.45, 7) is 1.58. The third-order valence-electron chi connectivity index (χ3n) is 2.31. The van der Waals surface area contributed by atoms with Gasteiger partial charge in [-0.3, -0.25) is 10.1 Å². The second-order valence-electron chi connectivity index (χ2n) is 3.10. The Morgan fingerprint density at radius 1 is 1.43 bits per heavy atom. The van der Waals surface area contributed by atoms with Crippen molar-refractivity contribution in [3.8, 4) is 0 Å². The molecule has 0 saturated carbocycles. The van der Waals surface area contributed by atoms with Crippen LogP contribution in [0.2, 0.25) is 0 Å². The second-order valence-corrected chi connectivity index (χ2v) is 3.10. The van der Waals surface area contributed by atoms with Gasteiger partial charge < -0.3 is 5.32 Å². The van der Waals surface area contributed by atoms with Crippen molar-refractivity contribution in [1.29, 1.82) is 0 Å². The monoisotopic (exact) mass is 214 g/mol. The van der Waals surface area contributed by atoms with Crippen LogP contribution in [-0.2, 0) is 13.0 Å². The van der Waals surface area contributed by atoms with E-state index in [9.17, 15) is 10.1 Å². The average Bonchev–Trinajstić information content (AvgIpc) is 2.17. The minimum Gasteiger partial charge on any atom is -0.312 e.